The Bertz CT molecular complexity index is 975. The summed E-state index contributed by atoms with van der Waals surface area (Å²) in [6.07, 6.45) is 0. The number of para-hydroxylation sites is 1. The van der Waals surface area contributed by atoms with Crippen molar-refractivity contribution in [2.45, 2.75) is 33.4 Å². The van der Waals surface area contributed by atoms with E-state index < -0.39 is 5.69 Å². The highest BCUT2D eigenvalue weighted by atomic mass is 16.2. The Morgan fingerprint density at radius 2 is 1.81 bits per heavy atom. The predicted octanol–water partition coefficient (Wildman–Crippen LogP) is 1.92. The van der Waals surface area contributed by atoms with Crippen LogP contribution >= 0.6 is 0 Å². The maximum atomic E-state index is 12.4. The van der Waals surface area contributed by atoms with Gasteiger partial charge >= 0.3 is 5.69 Å². The highest BCUT2D eigenvalue weighted by molar-refractivity contribution is 5.76. The summed E-state index contributed by atoms with van der Waals surface area (Å²) < 4.78 is 2.22. The molecule has 134 valence electrons. The standard InChI is InChI=1S/C19H21N5O2/c1-13-9-10-16(11-14(13)2)15(3)20-18(25)12-23-19(26)24(22-21-23)17-7-5-4-6-8-17/h4-11,15H,12H2,1-3H3,(H,20,25)/t15-/m0/s1. The number of aryl methyl sites for hydroxylation is 2. The smallest absolute Gasteiger partial charge is 0.348 e. The summed E-state index contributed by atoms with van der Waals surface area (Å²) >= 11 is 0. The maximum absolute atomic E-state index is 12.4. The van der Waals surface area contributed by atoms with Crippen LogP contribution in [0.2, 0.25) is 0 Å². The van der Waals surface area contributed by atoms with Crippen molar-refractivity contribution in [1.29, 1.82) is 0 Å². The number of carbonyl (C=O) groups excluding carboxylic acids is 1. The molecule has 0 fully saturated rings. The summed E-state index contributed by atoms with van der Waals surface area (Å²) in [5, 5.41) is 10.5. The lowest BCUT2D eigenvalue weighted by Gasteiger charge is -2.15. The molecule has 2 aromatic carbocycles. The molecule has 7 nitrogen and oxygen atoms in total. The summed E-state index contributed by atoms with van der Waals surface area (Å²) in [6.45, 7) is 5.81. The Labute approximate surface area is 151 Å². The average Bonchev–Trinajstić information content (AvgIpc) is 2.98. The van der Waals surface area contributed by atoms with Crippen molar-refractivity contribution in [3.05, 3.63) is 75.7 Å². The second-order valence-corrected chi connectivity index (χ2v) is 6.30. The van der Waals surface area contributed by atoms with Crippen LogP contribution in [0.15, 0.2) is 53.3 Å². The van der Waals surface area contributed by atoms with Crippen LogP contribution in [0.4, 0.5) is 0 Å². The summed E-state index contributed by atoms with van der Waals surface area (Å²) in [5.41, 5.74) is 3.54. The van der Waals surface area contributed by atoms with Crippen molar-refractivity contribution in [2.24, 2.45) is 0 Å². The monoisotopic (exact) mass is 351 g/mol. The molecule has 7 heteroatoms. The minimum absolute atomic E-state index is 0.165. The molecule has 0 unspecified atom stereocenters. The number of benzene rings is 2. The highest BCUT2D eigenvalue weighted by Crippen LogP contribution is 2.16. The second-order valence-electron chi connectivity index (χ2n) is 6.30. The van der Waals surface area contributed by atoms with E-state index in [1.54, 1.807) is 24.3 Å². The van der Waals surface area contributed by atoms with Crippen LogP contribution in [0.3, 0.4) is 0 Å². The fourth-order valence-electron chi connectivity index (χ4n) is 2.65. The molecule has 1 N–H and O–H groups in total. The van der Waals surface area contributed by atoms with Crippen LogP contribution in [0, 0.1) is 13.8 Å². The largest absolute Gasteiger partial charge is 0.368 e. The topological polar surface area (TPSA) is 81.8 Å². The first-order valence-corrected chi connectivity index (χ1v) is 8.40. The van der Waals surface area contributed by atoms with Crippen molar-refractivity contribution in [3.8, 4) is 5.69 Å². The maximum Gasteiger partial charge on any atom is 0.368 e. The highest BCUT2D eigenvalue weighted by Gasteiger charge is 2.15. The van der Waals surface area contributed by atoms with Gasteiger partial charge in [-0.15, -0.1) is 0 Å². The lowest BCUT2D eigenvalue weighted by molar-refractivity contribution is -0.122. The zero-order valence-electron chi connectivity index (χ0n) is 15.0. The normalized spacial score (nSPS) is 12.0. The van der Waals surface area contributed by atoms with Gasteiger partial charge in [0.05, 0.1) is 11.7 Å². The molecular formula is C19H21N5O2. The fraction of sp³-hybridized carbons (Fsp3) is 0.263. The van der Waals surface area contributed by atoms with Gasteiger partial charge in [0, 0.05) is 0 Å². The van der Waals surface area contributed by atoms with Crippen LogP contribution < -0.4 is 11.0 Å². The molecule has 0 bridgehead atoms. The van der Waals surface area contributed by atoms with E-state index in [9.17, 15) is 9.59 Å². The minimum Gasteiger partial charge on any atom is -0.348 e. The third-order valence-corrected chi connectivity index (χ3v) is 4.34. The van der Waals surface area contributed by atoms with E-state index in [1.165, 1.54) is 15.8 Å². The fourth-order valence-corrected chi connectivity index (χ4v) is 2.65. The van der Waals surface area contributed by atoms with Gasteiger partial charge in [-0.05, 0) is 60.0 Å². The van der Waals surface area contributed by atoms with Gasteiger partial charge < -0.3 is 5.32 Å². The number of rotatable bonds is 5. The summed E-state index contributed by atoms with van der Waals surface area (Å²) in [5.74, 6) is -0.294. The molecule has 1 amide bonds. The molecule has 0 aliphatic heterocycles. The van der Waals surface area contributed by atoms with Gasteiger partial charge in [0.25, 0.3) is 0 Å². The molecule has 0 aliphatic rings. The first-order chi connectivity index (χ1) is 12.5. The third kappa shape index (κ3) is 3.72. The van der Waals surface area contributed by atoms with Gasteiger partial charge in [-0.3, -0.25) is 4.79 Å². The van der Waals surface area contributed by atoms with Crippen molar-refractivity contribution < 1.29 is 4.79 Å². The third-order valence-electron chi connectivity index (χ3n) is 4.34. The minimum atomic E-state index is -0.454. The molecule has 3 rings (SSSR count). The summed E-state index contributed by atoms with van der Waals surface area (Å²) in [6, 6.07) is 14.9. The van der Waals surface area contributed by atoms with Gasteiger partial charge in [-0.1, -0.05) is 36.4 Å². The number of hydrogen-bond acceptors (Lipinski definition) is 4. The number of amides is 1. The molecule has 0 radical (unpaired) electrons. The zero-order chi connectivity index (χ0) is 18.7. The van der Waals surface area contributed by atoms with Crippen molar-refractivity contribution in [2.75, 3.05) is 0 Å². The van der Waals surface area contributed by atoms with Crippen molar-refractivity contribution in [1.82, 2.24) is 25.1 Å². The van der Waals surface area contributed by atoms with Gasteiger partial charge in [-0.25, -0.2) is 4.79 Å². The lowest BCUT2D eigenvalue weighted by atomic mass is 10.0. The number of carbonyl (C=O) groups is 1. The number of nitrogens with zero attached hydrogens (tertiary/aromatic N) is 4. The Hall–Kier alpha value is -3.22. The van der Waals surface area contributed by atoms with E-state index in [0.29, 0.717) is 5.69 Å². The Morgan fingerprint density at radius 1 is 1.08 bits per heavy atom. The number of nitrogens with one attached hydrogen (secondary N) is 1. The van der Waals surface area contributed by atoms with Crippen LogP contribution in [0.25, 0.3) is 5.69 Å². The van der Waals surface area contributed by atoms with Crippen LogP contribution in [-0.2, 0) is 11.3 Å². The molecule has 0 saturated carbocycles. The molecule has 1 atom stereocenters. The van der Waals surface area contributed by atoms with Gasteiger partial charge in [0.2, 0.25) is 5.91 Å². The lowest BCUT2D eigenvalue weighted by Crippen LogP contribution is -2.34. The Balaban J connectivity index is 1.70. The van der Waals surface area contributed by atoms with E-state index in [4.69, 9.17) is 0 Å². The number of hydrogen-bond donors (Lipinski definition) is 1. The Kier molecular flexibility index (Phi) is 4.97. The van der Waals surface area contributed by atoms with Crippen molar-refractivity contribution in [3.63, 3.8) is 0 Å². The van der Waals surface area contributed by atoms with Crippen LogP contribution in [0.1, 0.15) is 29.7 Å². The van der Waals surface area contributed by atoms with Gasteiger partial charge in [0.15, 0.2) is 0 Å². The van der Waals surface area contributed by atoms with Crippen molar-refractivity contribution >= 4 is 5.91 Å². The van der Waals surface area contributed by atoms with E-state index in [2.05, 4.69) is 21.8 Å². The first kappa shape index (κ1) is 17.6. The van der Waals surface area contributed by atoms with Gasteiger partial charge in [-0.2, -0.15) is 9.36 Å². The van der Waals surface area contributed by atoms with E-state index in [0.717, 1.165) is 10.2 Å². The zero-order valence-corrected chi connectivity index (χ0v) is 15.0. The molecule has 0 aliphatic carbocycles. The average molecular weight is 351 g/mol. The molecule has 1 heterocycles. The van der Waals surface area contributed by atoms with E-state index in [1.807, 2.05) is 39.0 Å². The quantitative estimate of drug-likeness (QED) is 0.761. The number of tetrazole rings is 1. The van der Waals surface area contributed by atoms with Crippen LogP contribution in [0.5, 0.6) is 0 Å². The van der Waals surface area contributed by atoms with Gasteiger partial charge in [0.1, 0.15) is 6.54 Å². The van der Waals surface area contributed by atoms with Crippen LogP contribution in [-0.4, -0.2) is 25.7 Å². The molecule has 0 saturated heterocycles. The second kappa shape index (κ2) is 7.35. The molecular weight excluding hydrogens is 330 g/mol. The molecule has 3 aromatic rings. The first-order valence-electron chi connectivity index (χ1n) is 8.40. The van der Waals surface area contributed by atoms with E-state index >= 15 is 0 Å². The van der Waals surface area contributed by atoms with E-state index in [-0.39, 0.29) is 18.5 Å². The Morgan fingerprint density at radius 3 is 2.50 bits per heavy atom. The summed E-state index contributed by atoms with van der Waals surface area (Å²) in [4.78, 5) is 24.7. The molecule has 1 aromatic heterocycles. The molecule has 26 heavy (non-hydrogen) atoms. The number of aromatic nitrogens is 4. The summed E-state index contributed by atoms with van der Waals surface area (Å²) in [7, 11) is 0. The predicted molar refractivity (Wildman–Crippen MR) is 98.1 cm³/mol. The molecule has 0 spiro atoms. The SMILES string of the molecule is Cc1ccc([C@H](C)NC(=O)Cn2nnn(-c3ccccc3)c2=O)cc1C.